The normalized spacial score (nSPS) is 13.1. The number of hydrogen-bond acceptors (Lipinski definition) is 5. The van der Waals surface area contributed by atoms with Crippen molar-refractivity contribution >= 4 is 23.1 Å². The molecule has 0 atom stereocenters. The minimum atomic E-state index is -0.297. The molecule has 0 saturated carbocycles. The van der Waals surface area contributed by atoms with E-state index >= 15 is 0 Å². The monoisotopic (exact) mass is 316 g/mol. The van der Waals surface area contributed by atoms with Crippen LogP contribution in [-0.2, 0) is 22.6 Å². The van der Waals surface area contributed by atoms with Crippen LogP contribution in [0.1, 0.15) is 40.2 Å². The van der Waals surface area contributed by atoms with Gasteiger partial charge >= 0.3 is 5.97 Å². The number of thiophene rings is 1. The lowest BCUT2D eigenvalue weighted by Gasteiger charge is -2.10. The Balaban J connectivity index is 1.89. The highest BCUT2D eigenvalue weighted by atomic mass is 32.1. The molecule has 0 N–H and O–H groups in total. The van der Waals surface area contributed by atoms with E-state index in [2.05, 4.69) is 0 Å². The van der Waals surface area contributed by atoms with Crippen molar-refractivity contribution in [3.05, 3.63) is 51.2 Å². The average Bonchev–Trinajstić information content (AvgIpc) is 2.88. The molecule has 0 radical (unpaired) electrons. The first-order chi connectivity index (χ1) is 10.5. The molecule has 1 aliphatic rings. The maximum Gasteiger partial charge on any atom is 0.310 e. The third-order valence-corrected chi connectivity index (χ3v) is 4.30. The summed E-state index contributed by atoms with van der Waals surface area (Å²) in [6, 6.07) is 7.19. The Morgan fingerprint density at radius 3 is 2.95 bits per heavy atom. The number of fused-ring (bicyclic) bond motifs is 2. The van der Waals surface area contributed by atoms with Gasteiger partial charge in [-0.1, -0.05) is 6.07 Å². The second-order valence-electron chi connectivity index (χ2n) is 5.44. The van der Waals surface area contributed by atoms with Gasteiger partial charge in [0.15, 0.2) is 0 Å². The zero-order chi connectivity index (χ0) is 15.7. The van der Waals surface area contributed by atoms with Gasteiger partial charge in [0, 0.05) is 5.56 Å². The van der Waals surface area contributed by atoms with E-state index < -0.39 is 0 Å². The highest BCUT2D eigenvalue weighted by Crippen LogP contribution is 2.31. The fourth-order valence-corrected chi connectivity index (χ4v) is 3.25. The molecular weight excluding hydrogens is 300 g/mol. The van der Waals surface area contributed by atoms with Gasteiger partial charge < -0.3 is 9.47 Å². The molecule has 1 aromatic carbocycles. The molecule has 0 saturated heterocycles. The molecule has 2 aromatic rings. The molecule has 114 valence electrons. The van der Waals surface area contributed by atoms with Gasteiger partial charge in [-0.05, 0) is 43.0 Å². The van der Waals surface area contributed by atoms with Crippen LogP contribution in [0.15, 0.2) is 29.6 Å². The van der Waals surface area contributed by atoms with Crippen molar-refractivity contribution in [1.29, 1.82) is 0 Å². The van der Waals surface area contributed by atoms with Crippen LogP contribution in [0, 0.1) is 0 Å². The van der Waals surface area contributed by atoms with Crippen LogP contribution in [-0.4, -0.2) is 17.9 Å². The number of rotatable bonds is 3. The molecule has 0 amide bonds. The van der Waals surface area contributed by atoms with Gasteiger partial charge in [0.1, 0.15) is 12.4 Å². The number of carbonyl (C=O) groups excluding carboxylic acids is 2. The second-order valence-corrected chi connectivity index (χ2v) is 6.35. The Hall–Kier alpha value is -2.14. The minimum absolute atomic E-state index is 0.0448. The number of ketones is 1. The molecule has 22 heavy (non-hydrogen) atoms. The SMILES string of the molecule is CC(C)OC(=O)Cc1ccc2c(c1)C(=O)c1sccc1CO2. The van der Waals surface area contributed by atoms with Crippen molar-refractivity contribution in [2.75, 3.05) is 0 Å². The predicted octanol–water partition coefficient (Wildman–Crippen LogP) is 3.37. The van der Waals surface area contributed by atoms with E-state index in [0.717, 1.165) is 11.1 Å². The number of benzene rings is 1. The van der Waals surface area contributed by atoms with Crippen LogP contribution in [0.2, 0.25) is 0 Å². The van der Waals surface area contributed by atoms with E-state index in [9.17, 15) is 9.59 Å². The minimum Gasteiger partial charge on any atom is -0.488 e. The van der Waals surface area contributed by atoms with E-state index in [1.165, 1.54) is 11.3 Å². The summed E-state index contributed by atoms with van der Waals surface area (Å²) in [7, 11) is 0. The largest absolute Gasteiger partial charge is 0.488 e. The first-order valence-electron chi connectivity index (χ1n) is 7.11. The van der Waals surface area contributed by atoms with Crippen LogP contribution in [0.25, 0.3) is 0 Å². The maximum atomic E-state index is 12.6. The van der Waals surface area contributed by atoms with Gasteiger partial charge in [-0.2, -0.15) is 0 Å². The molecule has 0 fully saturated rings. The highest BCUT2D eigenvalue weighted by Gasteiger charge is 2.24. The van der Waals surface area contributed by atoms with Crippen LogP contribution >= 0.6 is 11.3 Å². The molecule has 4 nitrogen and oxygen atoms in total. The quantitative estimate of drug-likeness (QED) is 0.815. The van der Waals surface area contributed by atoms with Crippen molar-refractivity contribution in [2.45, 2.75) is 33.0 Å². The van der Waals surface area contributed by atoms with E-state index in [1.807, 2.05) is 25.3 Å². The number of hydrogen-bond donors (Lipinski definition) is 0. The molecule has 0 bridgehead atoms. The molecule has 1 aliphatic heterocycles. The van der Waals surface area contributed by atoms with E-state index in [1.54, 1.807) is 18.2 Å². The summed E-state index contributed by atoms with van der Waals surface area (Å²) in [5, 5.41) is 1.89. The van der Waals surface area contributed by atoms with Gasteiger partial charge in [-0.15, -0.1) is 11.3 Å². The van der Waals surface area contributed by atoms with Crippen LogP contribution < -0.4 is 4.74 Å². The lowest BCUT2D eigenvalue weighted by Crippen LogP contribution is -2.14. The predicted molar refractivity (Wildman–Crippen MR) is 83.5 cm³/mol. The smallest absolute Gasteiger partial charge is 0.310 e. The van der Waals surface area contributed by atoms with Crippen LogP contribution in [0.3, 0.4) is 0 Å². The summed E-state index contributed by atoms with van der Waals surface area (Å²) in [6.07, 6.45) is 0.00252. The van der Waals surface area contributed by atoms with Gasteiger partial charge in [0.25, 0.3) is 0 Å². The Morgan fingerprint density at radius 2 is 2.18 bits per heavy atom. The summed E-state index contributed by atoms with van der Waals surface area (Å²) in [6.45, 7) is 4.02. The Kier molecular flexibility index (Phi) is 3.98. The summed E-state index contributed by atoms with van der Waals surface area (Å²) in [4.78, 5) is 25.1. The Bertz CT molecular complexity index is 730. The number of ether oxygens (including phenoxy) is 2. The number of carbonyl (C=O) groups is 2. The standard InChI is InChI=1S/C17H16O4S/c1-10(2)21-15(18)8-11-3-4-14-13(7-11)16(19)17-12(9-20-14)5-6-22-17/h3-7,10H,8-9H2,1-2H3. The lowest BCUT2D eigenvalue weighted by atomic mass is 10.0. The highest BCUT2D eigenvalue weighted by molar-refractivity contribution is 7.12. The third kappa shape index (κ3) is 2.90. The first kappa shape index (κ1) is 14.8. The average molecular weight is 316 g/mol. The Morgan fingerprint density at radius 1 is 1.36 bits per heavy atom. The molecule has 3 rings (SSSR count). The first-order valence-corrected chi connectivity index (χ1v) is 7.99. The molecular formula is C17H16O4S. The van der Waals surface area contributed by atoms with Crippen molar-refractivity contribution < 1.29 is 19.1 Å². The molecule has 0 unspecified atom stereocenters. The topological polar surface area (TPSA) is 52.6 Å². The van der Waals surface area contributed by atoms with Gasteiger partial charge in [-0.25, -0.2) is 0 Å². The van der Waals surface area contributed by atoms with Gasteiger partial charge in [-0.3, -0.25) is 9.59 Å². The maximum absolute atomic E-state index is 12.6. The van der Waals surface area contributed by atoms with Gasteiger partial charge in [0.2, 0.25) is 5.78 Å². The number of esters is 1. The van der Waals surface area contributed by atoms with Crippen molar-refractivity contribution in [3.63, 3.8) is 0 Å². The molecule has 0 spiro atoms. The Labute approximate surface area is 132 Å². The van der Waals surface area contributed by atoms with E-state index in [0.29, 0.717) is 22.8 Å². The summed E-state index contributed by atoms with van der Waals surface area (Å²) in [5.41, 5.74) is 2.17. The second kappa shape index (κ2) is 5.93. The zero-order valence-corrected chi connectivity index (χ0v) is 13.2. The lowest BCUT2D eigenvalue weighted by molar-refractivity contribution is -0.146. The summed E-state index contributed by atoms with van der Waals surface area (Å²) >= 11 is 1.42. The fourth-order valence-electron chi connectivity index (χ4n) is 2.39. The van der Waals surface area contributed by atoms with Crippen molar-refractivity contribution in [2.24, 2.45) is 0 Å². The molecule has 0 aliphatic carbocycles. The molecule has 1 aromatic heterocycles. The molecule has 2 heterocycles. The molecule has 5 heteroatoms. The van der Waals surface area contributed by atoms with Crippen LogP contribution in [0.4, 0.5) is 0 Å². The van der Waals surface area contributed by atoms with E-state index in [-0.39, 0.29) is 24.3 Å². The summed E-state index contributed by atoms with van der Waals surface area (Å²) in [5.74, 6) is 0.222. The van der Waals surface area contributed by atoms with Crippen molar-refractivity contribution in [1.82, 2.24) is 0 Å². The summed E-state index contributed by atoms with van der Waals surface area (Å²) < 4.78 is 10.8. The van der Waals surface area contributed by atoms with Gasteiger partial charge in [0.05, 0.1) is 23.0 Å². The third-order valence-electron chi connectivity index (χ3n) is 3.34. The van der Waals surface area contributed by atoms with Crippen LogP contribution in [0.5, 0.6) is 5.75 Å². The van der Waals surface area contributed by atoms with Crippen molar-refractivity contribution in [3.8, 4) is 5.75 Å². The van der Waals surface area contributed by atoms with E-state index in [4.69, 9.17) is 9.47 Å². The zero-order valence-electron chi connectivity index (χ0n) is 12.4. The fraction of sp³-hybridized carbons (Fsp3) is 0.294.